The van der Waals surface area contributed by atoms with E-state index in [0.717, 1.165) is 0 Å². The Labute approximate surface area is 182 Å². The van der Waals surface area contributed by atoms with E-state index >= 15 is 0 Å². The molecule has 0 radical (unpaired) electrons. The molecule has 0 spiro atoms. The van der Waals surface area contributed by atoms with Crippen LogP contribution in [0.4, 0.5) is 0 Å². The van der Waals surface area contributed by atoms with Crippen LogP contribution < -0.4 is 0 Å². The van der Waals surface area contributed by atoms with Gasteiger partial charge in [0.05, 0.1) is 0 Å². The highest BCUT2D eigenvalue weighted by molar-refractivity contribution is 6.75. The van der Waals surface area contributed by atoms with E-state index < -0.39 is 16.1 Å². The van der Waals surface area contributed by atoms with Gasteiger partial charge in [0.1, 0.15) is 0 Å². The van der Waals surface area contributed by atoms with Crippen molar-refractivity contribution < 1.29 is 0 Å². The average molecular weight is 425 g/mol. The number of hydrogen-bond donors (Lipinski definition) is 0. The van der Waals surface area contributed by atoms with Gasteiger partial charge in [-0.3, -0.25) is 0 Å². The first kappa shape index (κ1) is 45.9. The fourth-order valence-electron chi connectivity index (χ4n) is 0. The van der Waals surface area contributed by atoms with Gasteiger partial charge in [0.15, 0.2) is 0 Å². The summed E-state index contributed by atoms with van der Waals surface area (Å²) in [6.45, 7) is 48.4. The highest BCUT2D eigenvalue weighted by atomic mass is 28.3. The summed E-state index contributed by atoms with van der Waals surface area (Å²) in [5.41, 5.74) is 1.00. The van der Waals surface area contributed by atoms with E-state index in [4.69, 9.17) is 0 Å². The quantitative estimate of drug-likeness (QED) is 0.339. The highest BCUT2D eigenvalue weighted by Gasteiger charge is 1.99. The number of hydrogen-bond acceptors (Lipinski definition) is 0. The smallest absolute Gasteiger partial charge is 0.0411 e. The van der Waals surface area contributed by atoms with Crippen molar-refractivity contribution in [2.24, 2.45) is 10.8 Å². The van der Waals surface area contributed by atoms with Crippen molar-refractivity contribution >= 4 is 16.1 Å². The molecule has 0 rings (SSSR count). The van der Waals surface area contributed by atoms with Gasteiger partial charge in [-0.05, 0) is 10.8 Å². The molecule has 0 aromatic heterocycles. The molecule has 0 N–H and O–H groups in total. The third-order valence-electron chi connectivity index (χ3n) is 0. The summed E-state index contributed by atoms with van der Waals surface area (Å²) in [4.78, 5) is 0. The lowest BCUT2D eigenvalue weighted by Crippen LogP contribution is -2.10. The van der Waals surface area contributed by atoms with Crippen LogP contribution in [0, 0.1) is 10.8 Å². The maximum Gasteiger partial charge on any atom is 0.0411 e. The first-order valence-electron chi connectivity index (χ1n) is 11.4. The summed E-state index contributed by atoms with van der Waals surface area (Å²) in [6.07, 6.45) is 1.25. The Morgan fingerprint density at radius 2 is 0.407 bits per heavy atom. The van der Waals surface area contributed by atoms with Crippen molar-refractivity contribution in [3.8, 4) is 0 Å². The Kier molecular flexibility index (Phi) is 44.9. The number of rotatable bonds is 0. The van der Waals surface area contributed by atoms with Gasteiger partial charge in [-0.1, -0.05) is 156 Å². The molecule has 27 heavy (non-hydrogen) atoms. The van der Waals surface area contributed by atoms with E-state index in [1.54, 1.807) is 0 Å². The maximum absolute atomic E-state index is 2.33. The Hall–Kier alpha value is 0.434. The molecule has 176 valence electrons. The minimum absolute atomic E-state index is 0.500. The van der Waals surface area contributed by atoms with Crippen molar-refractivity contribution in [3.05, 3.63) is 0 Å². The molecule has 0 bridgehead atoms. The zero-order valence-corrected chi connectivity index (χ0v) is 26.7. The lowest BCUT2D eigenvalue weighted by atomic mass is 10.0. The fourth-order valence-corrected chi connectivity index (χ4v) is 0. The Bertz CT molecular complexity index is 132. The molecule has 0 atom stereocenters. The second-order valence-electron chi connectivity index (χ2n) is 12.7. The van der Waals surface area contributed by atoms with Gasteiger partial charge in [0.25, 0.3) is 0 Å². The van der Waals surface area contributed by atoms with E-state index in [0.29, 0.717) is 10.8 Å². The summed E-state index contributed by atoms with van der Waals surface area (Å²) >= 11 is 0. The summed E-state index contributed by atoms with van der Waals surface area (Å²) in [5.74, 6) is 0. The third-order valence-corrected chi connectivity index (χ3v) is 0. The monoisotopic (exact) mass is 424 g/mol. The lowest BCUT2D eigenvalue weighted by Gasteiger charge is -2.05. The topological polar surface area (TPSA) is 0 Å². The molecule has 0 fully saturated rings. The molecule has 0 amide bonds. The van der Waals surface area contributed by atoms with Crippen molar-refractivity contribution in [1.82, 2.24) is 0 Å². The van der Waals surface area contributed by atoms with Crippen LogP contribution in [-0.4, -0.2) is 16.1 Å². The predicted octanol–water partition coefficient (Wildman–Crippen LogP) is 11.5. The summed E-state index contributed by atoms with van der Waals surface area (Å²) in [7, 11) is -1.22. The molecule has 0 unspecified atom stereocenters. The minimum atomic E-state index is -0.611. The molecule has 0 aliphatic carbocycles. The van der Waals surface area contributed by atoms with Crippen LogP contribution in [0.15, 0.2) is 0 Å². The standard InChI is InChI=1S/2C5H12.2C4H12Si.C3H8.2C2H6/c4*1-5(2,3)4;1-3-2;2*1-2/h4*1-4H3;3H2,1-2H3;2*1-2H3. The predicted molar refractivity (Wildman–Crippen MR) is 147 cm³/mol. The first-order valence-corrected chi connectivity index (χ1v) is 19.4. The van der Waals surface area contributed by atoms with Gasteiger partial charge in [0.2, 0.25) is 0 Å². The Morgan fingerprint density at radius 3 is 0.407 bits per heavy atom. The fraction of sp³-hybridized carbons (Fsp3) is 1.00. The lowest BCUT2D eigenvalue weighted by molar-refractivity contribution is 0.469. The van der Waals surface area contributed by atoms with Crippen molar-refractivity contribution in [2.45, 2.75) is 156 Å². The molecular weight excluding hydrogens is 356 g/mol. The first-order chi connectivity index (χ1) is 11.4. The van der Waals surface area contributed by atoms with Gasteiger partial charge in [-0.25, -0.2) is 0 Å². The second kappa shape index (κ2) is 26.4. The molecule has 0 saturated heterocycles. The molecule has 0 aromatic carbocycles. The maximum atomic E-state index is 2.33. The van der Waals surface area contributed by atoms with Gasteiger partial charge in [0, 0.05) is 16.1 Å². The second-order valence-corrected chi connectivity index (χ2v) is 24.7. The molecule has 0 aromatic rings. The van der Waals surface area contributed by atoms with Crippen LogP contribution in [0.2, 0.25) is 52.4 Å². The normalized spacial score (nSPS) is 10.0. The summed E-state index contributed by atoms with van der Waals surface area (Å²) in [6, 6.07) is 0. The molecule has 0 aliphatic heterocycles. The van der Waals surface area contributed by atoms with Gasteiger partial charge in [-0.2, -0.15) is 0 Å². The van der Waals surface area contributed by atoms with E-state index in [1.165, 1.54) is 6.42 Å². The Morgan fingerprint density at radius 1 is 0.407 bits per heavy atom. The third kappa shape index (κ3) is 83900. The van der Waals surface area contributed by atoms with Crippen LogP contribution in [0.3, 0.4) is 0 Å². The molecule has 0 heterocycles. The van der Waals surface area contributed by atoms with Crippen LogP contribution >= 0.6 is 0 Å². The van der Waals surface area contributed by atoms with Crippen LogP contribution in [0.1, 0.15) is 103 Å². The highest BCUT2D eigenvalue weighted by Crippen LogP contribution is 2.08. The zero-order chi connectivity index (χ0) is 24.7. The van der Waals surface area contributed by atoms with Crippen molar-refractivity contribution in [2.75, 3.05) is 0 Å². The van der Waals surface area contributed by atoms with Gasteiger partial charge < -0.3 is 0 Å². The SMILES string of the molecule is CC.CC.CC(C)(C)C.CC(C)(C)C.CCC.C[Si](C)(C)C.C[Si](C)(C)C. The zero-order valence-electron chi connectivity index (χ0n) is 24.7. The Balaban J connectivity index is -0.0000000356. The minimum Gasteiger partial charge on any atom is -0.0697 e. The van der Waals surface area contributed by atoms with Crippen LogP contribution in [0.25, 0.3) is 0 Å². The van der Waals surface area contributed by atoms with Crippen molar-refractivity contribution in [3.63, 3.8) is 0 Å². The van der Waals surface area contributed by atoms with Crippen LogP contribution in [-0.2, 0) is 0 Å². The van der Waals surface area contributed by atoms with E-state index in [2.05, 4.69) is 122 Å². The molecular formula is C25H68Si2. The van der Waals surface area contributed by atoms with Crippen LogP contribution in [0.5, 0.6) is 0 Å². The van der Waals surface area contributed by atoms with Crippen molar-refractivity contribution in [1.29, 1.82) is 0 Å². The van der Waals surface area contributed by atoms with Gasteiger partial charge >= 0.3 is 0 Å². The van der Waals surface area contributed by atoms with E-state index in [9.17, 15) is 0 Å². The summed E-state index contributed by atoms with van der Waals surface area (Å²) < 4.78 is 0. The molecule has 0 aliphatic rings. The summed E-state index contributed by atoms with van der Waals surface area (Å²) in [5, 5.41) is 0. The molecule has 0 nitrogen and oxygen atoms in total. The van der Waals surface area contributed by atoms with E-state index in [-0.39, 0.29) is 0 Å². The molecule has 0 saturated carbocycles. The van der Waals surface area contributed by atoms with E-state index in [1.807, 2.05) is 27.7 Å². The van der Waals surface area contributed by atoms with Gasteiger partial charge in [-0.15, -0.1) is 0 Å². The molecule has 2 heteroatoms. The largest absolute Gasteiger partial charge is 0.0697 e. The average Bonchev–Trinajstić information content (AvgIpc) is 2.25.